The van der Waals surface area contributed by atoms with Gasteiger partial charge in [0.1, 0.15) is 35.6 Å². The number of pyridine rings is 1. The number of alkyl halides is 1. The lowest BCUT2D eigenvalue weighted by atomic mass is 9.95. The summed E-state index contributed by atoms with van der Waals surface area (Å²) in [7, 11) is 0. The van der Waals surface area contributed by atoms with Gasteiger partial charge in [-0.3, -0.25) is 9.88 Å². The molecule has 4 aliphatic rings. The molecule has 0 radical (unpaired) electrons. The first-order chi connectivity index (χ1) is 20.9. The Labute approximate surface area is 248 Å². The summed E-state index contributed by atoms with van der Waals surface area (Å²) in [6.45, 7) is 2.97. The molecule has 4 aromatic rings. The smallest absolute Gasteiger partial charge is 0.319 e. The molecule has 0 aliphatic carbocycles. The Balaban J connectivity index is 1.27. The molecule has 2 aromatic carbocycles. The highest BCUT2D eigenvalue weighted by atomic mass is 19.1. The lowest BCUT2D eigenvalue weighted by molar-refractivity contribution is 0.107. The number of ether oxygens (including phenoxy) is 1. The summed E-state index contributed by atoms with van der Waals surface area (Å²) < 4.78 is 37.4. The Bertz CT molecular complexity index is 1800. The van der Waals surface area contributed by atoms with Crippen LogP contribution in [0.2, 0.25) is 0 Å². The number of hydrogen-bond donors (Lipinski definition) is 2. The van der Waals surface area contributed by atoms with Gasteiger partial charge in [-0.05, 0) is 55.8 Å². The molecule has 4 atom stereocenters. The maximum Gasteiger partial charge on any atom is 0.319 e. The number of aromatic nitrogens is 3. The Hall–Kier alpha value is -4.07. The van der Waals surface area contributed by atoms with Gasteiger partial charge in [-0.25, -0.2) is 8.78 Å². The van der Waals surface area contributed by atoms with Crippen LogP contribution in [0, 0.1) is 18.2 Å². The molecule has 2 N–H and O–H groups in total. The van der Waals surface area contributed by atoms with Crippen molar-refractivity contribution in [1.82, 2.24) is 25.2 Å². The van der Waals surface area contributed by atoms with E-state index in [-0.39, 0.29) is 35.1 Å². The molecule has 0 unspecified atom stereocenters. The molecule has 4 saturated heterocycles. The molecule has 2 bridgehead atoms. The predicted molar refractivity (Wildman–Crippen MR) is 161 cm³/mol. The molecular formula is C33H32F2N6O2. The van der Waals surface area contributed by atoms with Gasteiger partial charge in [-0.15, -0.1) is 6.42 Å². The Kier molecular flexibility index (Phi) is 6.17. The zero-order chi connectivity index (χ0) is 29.3. The van der Waals surface area contributed by atoms with E-state index in [9.17, 15) is 9.50 Å². The van der Waals surface area contributed by atoms with Crippen LogP contribution in [0.1, 0.15) is 37.7 Å². The zero-order valence-electron chi connectivity index (χ0n) is 23.7. The van der Waals surface area contributed by atoms with Crippen LogP contribution in [0.25, 0.3) is 32.9 Å². The second-order valence-corrected chi connectivity index (χ2v) is 12.5. The molecule has 43 heavy (non-hydrogen) atoms. The number of aromatic hydroxyl groups is 1. The van der Waals surface area contributed by atoms with Crippen molar-refractivity contribution in [3.63, 3.8) is 0 Å². The standard InChI is InChI=1S/C33H32F2N6O2/c1-2-19-5-3-6-20-11-24(42)12-25(27(19)20)29-28(35)30-26(14-36-29)31(40-16-22-7-8-23(17-40)37-22)39-32(38-30)43-18-33-9-4-10-41(33)15-21(34)13-33/h1,3,5-6,11-12,14,21-23,37,42H,4,7-10,13,15-18H2/t21-,22-,23+,33+/m1/s1. The summed E-state index contributed by atoms with van der Waals surface area (Å²) in [4.78, 5) is 18.3. The number of phenolic OH excluding ortho intramolecular Hbond substituents is 1. The first kappa shape index (κ1) is 26.5. The first-order valence-corrected chi connectivity index (χ1v) is 15.0. The molecule has 10 heteroatoms. The normalized spacial score (nSPS) is 26.7. The van der Waals surface area contributed by atoms with Crippen LogP contribution in [-0.4, -0.2) is 81.5 Å². The number of hydrogen-bond acceptors (Lipinski definition) is 8. The molecule has 8 nitrogen and oxygen atoms in total. The third kappa shape index (κ3) is 4.36. The van der Waals surface area contributed by atoms with Crippen molar-refractivity contribution < 1.29 is 18.6 Å². The van der Waals surface area contributed by atoms with Crippen LogP contribution in [0.5, 0.6) is 11.8 Å². The summed E-state index contributed by atoms with van der Waals surface area (Å²) in [5.74, 6) is 2.59. The van der Waals surface area contributed by atoms with Gasteiger partial charge in [0.2, 0.25) is 0 Å². The number of terminal acetylenes is 1. The van der Waals surface area contributed by atoms with Gasteiger partial charge in [0.25, 0.3) is 0 Å². The summed E-state index contributed by atoms with van der Waals surface area (Å²) in [6, 6.07) is 9.21. The van der Waals surface area contributed by atoms with Crippen molar-refractivity contribution in [2.45, 2.75) is 55.9 Å². The number of anilines is 1. The van der Waals surface area contributed by atoms with E-state index in [1.807, 2.05) is 6.07 Å². The van der Waals surface area contributed by atoms with Crippen LogP contribution >= 0.6 is 0 Å². The number of benzene rings is 2. The molecule has 8 rings (SSSR count). The fourth-order valence-corrected chi connectivity index (χ4v) is 7.85. The lowest BCUT2D eigenvalue weighted by Gasteiger charge is -2.34. The number of rotatable bonds is 5. The van der Waals surface area contributed by atoms with Crippen LogP contribution in [0.4, 0.5) is 14.6 Å². The largest absolute Gasteiger partial charge is 0.508 e. The van der Waals surface area contributed by atoms with Gasteiger partial charge in [0.15, 0.2) is 5.82 Å². The van der Waals surface area contributed by atoms with Crippen LogP contribution in [0.3, 0.4) is 0 Å². The molecule has 220 valence electrons. The average Bonchev–Trinajstić information content (AvgIpc) is 3.65. The van der Waals surface area contributed by atoms with E-state index in [2.05, 4.69) is 31.0 Å². The lowest BCUT2D eigenvalue weighted by Crippen LogP contribution is -2.51. The average molecular weight is 583 g/mol. The number of nitrogens with one attached hydrogen (secondary N) is 1. The Morgan fingerprint density at radius 3 is 2.81 bits per heavy atom. The number of phenols is 1. The van der Waals surface area contributed by atoms with Crippen LogP contribution < -0.4 is 15.0 Å². The maximum atomic E-state index is 16.7. The van der Waals surface area contributed by atoms with E-state index in [1.54, 1.807) is 24.4 Å². The summed E-state index contributed by atoms with van der Waals surface area (Å²) in [5.41, 5.74) is 0.678. The van der Waals surface area contributed by atoms with Crippen LogP contribution in [-0.2, 0) is 0 Å². The van der Waals surface area contributed by atoms with Gasteiger partial charge >= 0.3 is 6.01 Å². The van der Waals surface area contributed by atoms with Gasteiger partial charge < -0.3 is 20.1 Å². The number of piperazine rings is 1. The monoisotopic (exact) mass is 582 g/mol. The predicted octanol–water partition coefficient (Wildman–Crippen LogP) is 4.57. The molecule has 4 aliphatic heterocycles. The van der Waals surface area contributed by atoms with E-state index in [0.29, 0.717) is 58.2 Å². The fraction of sp³-hybridized carbons (Fsp3) is 0.424. The highest BCUT2D eigenvalue weighted by Gasteiger charge is 2.49. The quantitative estimate of drug-likeness (QED) is 0.331. The molecular weight excluding hydrogens is 550 g/mol. The molecule has 0 saturated carbocycles. The van der Waals surface area contributed by atoms with Crippen molar-refractivity contribution in [2.75, 3.05) is 37.7 Å². The maximum absolute atomic E-state index is 16.7. The van der Waals surface area contributed by atoms with Crippen molar-refractivity contribution >= 4 is 27.5 Å². The molecule has 6 heterocycles. The number of halogens is 2. The first-order valence-electron chi connectivity index (χ1n) is 15.0. The summed E-state index contributed by atoms with van der Waals surface area (Å²) >= 11 is 0. The van der Waals surface area contributed by atoms with Gasteiger partial charge in [-0.2, -0.15) is 9.97 Å². The van der Waals surface area contributed by atoms with E-state index < -0.39 is 12.0 Å². The Morgan fingerprint density at radius 2 is 2.00 bits per heavy atom. The van der Waals surface area contributed by atoms with Crippen molar-refractivity contribution in [3.05, 3.63) is 47.9 Å². The topological polar surface area (TPSA) is 86.6 Å². The summed E-state index contributed by atoms with van der Waals surface area (Å²) in [5, 5.41) is 16.0. The highest BCUT2D eigenvalue weighted by molar-refractivity contribution is 6.02. The highest BCUT2D eigenvalue weighted by Crippen LogP contribution is 2.42. The third-order valence-electron chi connectivity index (χ3n) is 9.76. The minimum atomic E-state index is -0.885. The van der Waals surface area contributed by atoms with Crippen molar-refractivity contribution in [3.8, 4) is 35.4 Å². The van der Waals surface area contributed by atoms with E-state index in [1.165, 1.54) is 6.07 Å². The minimum absolute atomic E-state index is 0.0234. The Morgan fingerprint density at radius 1 is 1.16 bits per heavy atom. The van der Waals surface area contributed by atoms with Crippen LogP contribution in [0.15, 0.2) is 36.5 Å². The molecule has 0 amide bonds. The third-order valence-corrected chi connectivity index (χ3v) is 9.76. The van der Waals surface area contributed by atoms with Crippen molar-refractivity contribution in [2.24, 2.45) is 0 Å². The van der Waals surface area contributed by atoms with E-state index in [0.717, 1.165) is 45.3 Å². The van der Waals surface area contributed by atoms with Gasteiger partial charge in [0, 0.05) is 60.8 Å². The second kappa shape index (κ2) is 10.00. The fourth-order valence-electron chi connectivity index (χ4n) is 7.85. The van der Waals surface area contributed by atoms with E-state index in [4.69, 9.17) is 16.1 Å². The zero-order valence-corrected chi connectivity index (χ0v) is 23.7. The second-order valence-electron chi connectivity index (χ2n) is 12.5. The number of nitrogens with zero attached hydrogens (tertiary/aromatic N) is 5. The number of fused-ring (bicyclic) bond motifs is 5. The summed E-state index contributed by atoms with van der Waals surface area (Å²) in [6.07, 6.45) is 10.9. The molecule has 4 fully saturated rings. The van der Waals surface area contributed by atoms with E-state index >= 15 is 4.39 Å². The van der Waals surface area contributed by atoms with Gasteiger partial charge in [-0.1, -0.05) is 18.1 Å². The SMILES string of the molecule is C#Cc1cccc2cc(O)cc(-c3ncc4c(N5C[C@H]6CC[C@@H](C5)N6)nc(OC[C@@]56CCCN5C[C@H](F)C6)nc4c3F)c12. The molecule has 2 aromatic heterocycles. The molecule has 0 spiro atoms. The van der Waals surface area contributed by atoms with Crippen molar-refractivity contribution in [1.29, 1.82) is 0 Å². The van der Waals surface area contributed by atoms with Gasteiger partial charge in [0.05, 0.1) is 10.9 Å². The minimum Gasteiger partial charge on any atom is -0.508 e.